The van der Waals surface area contributed by atoms with Gasteiger partial charge in [0.15, 0.2) is 0 Å². The molecule has 0 spiro atoms. The Hall–Kier alpha value is -2.97. The second kappa shape index (κ2) is 7.57. The zero-order valence-electron chi connectivity index (χ0n) is 14.5. The number of halogens is 5. The van der Waals surface area contributed by atoms with Crippen LogP contribution in [0.3, 0.4) is 0 Å². The van der Waals surface area contributed by atoms with Crippen molar-refractivity contribution in [1.82, 2.24) is 9.80 Å². The summed E-state index contributed by atoms with van der Waals surface area (Å²) in [4.78, 5) is 27.6. The molecule has 0 aromatic heterocycles. The molecule has 9 heteroatoms. The number of carbonyl (C=O) groups is 2. The lowest BCUT2D eigenvalue weighted by molar-refractivity contribution is -0.137. The zero-order valence-corrected chi connectivity index (χ0v) is 14.5. The van der Waals surface area contributed by atoms with Crippen LogP contribution in [-0.4, -0.2) is 47.8 Å². The van der Waals surface area contributed by atoms with E-state index in [2.05, 4.69) is 0 Å². The summed E-state index contributed by atoms with van der Waals surface area (Å²) >= 11 is 0. The zero-order chi connectivity index (χ0) is 20.5. The van der Waals surface area contributed by atoms with E-state index in [4.69, 9.17) is 0 Å². The Morgan fingerprint density at radius 1 is 0.786 bits per heavy atom. The standard InChI is InChI=1S/C19H15F5N2O2/c20-14-5-6-15(16(21)11-14)18(28)26-9-7-25(8-10-26)17(27)12-1-3-13(4-2-12)19(22,23)24/h1-6,11H,7-10H2. The molecule has 0 unspecified atom stereocenters. The fraction of sp³-hybridized carbons (Fsp3) is 0.263. The van der Waals surface area contributed by atoms with Crippen LogP contribution < -0.4 is 0 Å². The molecule has 1 fully saturated rings. The number of carbonyl (C=O) groups excluding carboxylic acids is 2. The number of nitrogens with zero attached hydrogens (tertiary/aromatic N) is 2. The van der Waals surface area contributed by atoms with E-state index in [1.165, 1.54) is 9.80 Å². The molecular formula is C19H15F5N2O2. The van der Waals surface area contributed by atoms with Gasteiger partial charge in [-0.1, -0.05) is 0 Å². The van der Waals surface area contributed by atoms with Crippen LogP contribution in [-0.2, 0) is 6.18 Å². The van der Waals surface area contributed by atoms with Gasteiger partial charge in [-0.15, -0.1) is 0 Å². The van der Waals surface area contributed by atoms with Gasteiger partial charge in [0.05, 0.1) is 11.1 Å². The average molecular weight is 398 g/mol. The van der Waals surface area contributed by atoms with Gasteiger partial charge >= 0.3 is 6.18 Å². The first-order valence-corrected chi connectivity index (χ1v) is 8.37. The predicted octanol–water partition coefficient (Wildman–Crippen LogP) is 3.58. The smallest absolute Gasteiger partial charge is 0.335 e. The maximum Gasteiger partial charge on any atom is 0.416 e. The lowest BCUT2D eigenvalue weighted by Gasteiger charge is -2.35. The minimum absolute atomic E-state index is 0.109. The van der Waals surface area contributed by atoms with Crippen LogP contribution in [0.5, 0.6) is 0 Å². The van der Waals surface area contributed by atoms with Crippen molar-refractivity contribution >= 4 is 11.8 Å². The summed E-state index contributed by atoms with van der Waals surface area (Å²) in [5.74, 6) is -2.82. The molecule has 0 radical (unpaired) electrons. The van der Waals surface area contributed by atoms with Crippen molar-refractivity contribution < 1.29 is 31.5 Å². The minimum atomic E-state index is -4.48. The molecule has 0 atom stereocenters. The van der Waals surface area contributed by atoms with Crippen molar-refractivity contribution in [3.63, 3.8) is 0 Å². The van der Waals surface area contributed by atoms with Gasteiger partial charge in [0.25, 0.3) is 11.8 Å². The Kier molecular flexibility index (Phi) is 5.35. The molecule has 1 aliphatic heterocycles. The number of benzene rings is 2. The molecule has 2 aromatic carbocycles. The van der Waals surface area contributed by atoms with Gasteiger partial charge < -0.3 is 9.80 Å². The normalized spacial score (nSPS) is 14.9. The molecule has 0 bridgehead atoms. The molecule has 0 N–H and O–H groups in total. The Morgan fingerprint density at radius 2 is 1.32 bits per heavy atom. The number of amides is 2. The summed E-state index contributed by atoms with van der Waals surface area (Å²) in [6.45, 7) is 0.548. The highest BCUT2D eigenvalue weighted by molar-refractivity contribution is 5.96. The largest absolute Gasteiger partial charge is 0.416 e. The number of hydrogen-bond acceptors (Lipinski definition) is 2. The van der Waals surface area contributed by atoms with Crippen molar-refractivity contribution in [2.45, 2.75) is 6.18 Å². The molecule has 1 saturated heterocycles. The molecule has 28 heavy (non-hydrogen) atoms. The molecule has 2 amide bonds. The highest BCUT2D eigenvalue weighted by Crippen LogP contribution is 2.29. The van der Waals surface area contributed by atoms with Crippen LogP contribution in [0.25, 0.3) is 0 Å². The number of piperazine rings is 1. The lowest BCUT2D eigenvalue weighted by atomic mass is 10.1. The van der Waals surface area contributed by atoms with Gasteiger partial charge in [0, 0.05) is 37.8 Å². The SMILES string of the molecule is O=C(c1ccc(C(F)(F)F)cc1)N1CCN(C(=O)c2ccc(F)cc2F)CC1. The topological polar surface area (TPSA) is 40.6 Å². The van der Waals surface area contributed by atoms with Crippen LogP contribution >= 0.6 is 0 Å². The van der Waals surface area contributed by atoms with Gasteiger partial charge in [-0.05, 0) is 36.4 Å². The van der Waals surface area contributed by atoms with E-state index >= 15 is 0 Å². The minimum Gasteiger partial charge on any atom is -0.335 e. The quantitative estimate of drug-likeness (QED) is 0.726. The monoisotopic (exact) mass is 398 g/mol. The van der Waals surface area contributed by atoms with Crippen molar-refractivity contribution in [2.24, 2.45) is 0 Å². The van der Waals surface area contributed by atoms with E-state index < -0.39 is 35.2 Å². The maximum absolute atomic E-state index is 13.8. The molecule has 1 aliphatic rings. The summed E-state index contributed by atoms with van der Waals surface area (Å²) in [6, 6.07) is 6.56. The van der Waals surface area contributed by atoms with Crippen molar-refractivity contribution in [3.8, 4) is 0 Å². The lowest BCUT2D eigenvalue weighted by Crippen LogP contribution is -2.50. The molecule has 3 rings (SSSR count). The van der Waals surface area contributed by atoms with Crippen molar-refractivity contribution in [3.05, 3.63) is 70.8 Å². The van der Waals surface area contributed by atoms with Crippen molar-refractivity contribution in [2.75, 3.05) is 26.2 Å². The van der Waals surface area contributed by atoms with E-state index in [1.54, 1.807) is 0 Å². The summed E-state index contributed by atoms with van der Waals surface area (Å²) in [5.41, 5.74) is -0.998. The van der Waals surface area contributed by atoms with E-state index in [9.17, 15) is 31.5 Å². The Labute approximate surface area is 157 Å². The van der Waals surface area contributed by atoms with Gasteiger partial charge in [0.2, 0.25) is 0 Å². The summed E-state index contributed by atoms with van der Waals surface area (Å²) in [5, 5.41) is 0. The summed E-state index contributed by atoms with van der Waals surface area (Å²) in [6.07, 6.45) is -4.48. The third kappa shape index (κ3) is 4.13. The van der Waals surface area contributed by atoms with E-state index in [1.807, 2.05) is 0 Å². The first kappa shape index (κ1) is 19.8. The fourth-order valence-corrected chi connectivity index (χ4v) is 2.93. The third-order valence-corrected chi connectivity index (χ3v) is 4.47. The number of rotatable bonds is 2. The highest BCUT2D eigenvalue weighted by Gasteiger charge is 2.31. The first-order valence-electron chi connectivity index (χ1n) is 8.37. The Balaban J connectivity index is 1.63. The molecule has 2 aromatic rings. The van der Waals surface area contributed by atoms with Gasteiger partial charge in [-0.25, -0.2) is 8.78 Å². The summed E-state index contributed by atoms with van der Waals surface area (Å²) < 4.78 is 64.6. The van der Waals surface area contributed by atoms with Crippen LogP contribution in [0.2, 0.25) is 0 Å². The molecule has 0 aliphatic carbocycles. The van der Waals surface area contributed by atoms with Gasteiger partial charge in [-0.2, -0.15) is 13.2 Å². The third-order valence-electron chi connectivity index (χ3n) is 4.47. The molecule has 0 saturated carbocycles. The first-order chi connectivity index (χ1) is 13.2. The van der Waals surface area contributed by atoms with E-state index in [0.717, 1.165) is 36.4 Å². The predicted molar refractivity (Wildman–Crippen MR) is 89.6 cm³/mol. The Bertz CT molecular complexity index is 888. The van der Waals surface area contributed by atoms with Crippen LogP contribution in [0.4, 0.5) is 22.0 Å². The molecule has 148 valence electrons. The Morgan fingerprint density at radius 3 is 1.82 bits per heavy atom. The molecule has 4 nitrogen and oxygen atoms in total. The molecule has 1 heterocycles. The average Bonchev–Trinajstić information content (AvgIpc) is 2.66. The van der Waals surface area contributed by atoms with E-state index in [0.29, 0.717) is 6.07 Å². The molecular weight excluding hydrogens is 383 g/mol. The fourth-order valence-electron chi connectivity index (χ4n) is 2.93. The van der Waals surface area contributed by atoms with Crippen molar-refractivity contribution in [1.29, 1.82) is 0 Å². The second-order valence-corrected chi connectivity index (χ2v) is 6.28. The van der Waals surface area contributed by atoms with Gasteiger partial charge in [0.1, 0.15) is 11.6 Å². The van der Waals surface area contributed by atoms with Crippen LogP contribution in [0, 0.1) is 11.6 Å². The number of alkyl halides is 3. The second-order valence-electron chi connectivity index (χ2n) is 6.28. The van der Waals surface area contributed by atoms with E-state index in [-0.39, 0.29) is 37.3 Å². The van der Waals surface area contributed by atoms with Gasteiger partial charge in [-0.3, -0.25) is 9.59 Å². The highest BCUT2D eigenvalue weighted by atomic mass is 19.4. The summed E-state index contributed by atoms with van der Waals surface area (Å²) in [7, 11) is 0. The van der Waals surface area contributed by atoms with Crippen LogP contribution in [0.15, 0.2) is 42.5 Å². The number of hydrogen-bond donors (Lipinski definition) is 0. The van der Waals surface area contributed by atoms with Crippen LogP contribution in [0.1, 0.15) is 26.3 Å². The maximum atomic E-state index is 13.8.